The van der Waals surface area contributed by atoms with Crippen molar-refractivity contribution in [3.63, 3.8) is 0 Å². The molecule has 1 unspecified atom stereocenters. The number of hydrogen-bond donors (Lipinski definition) is 1. The largest absolute Gasteiger partial charge is 0.481 e. The van der Waals surface area contributed by atoms with Crippen molar-refractivity contribution in [2.24, 2.45) is 11.8 Å². The zero-order valence-electron chi connectivity index (χ0n) is 17.0. The van der Waals surface area contributed by atoms with Crippen molar-refractivity contribution in [1.29, 1.82) is 0 Å². The van der Waals surface area contributed by atoms with Crippen molar-refractivity contribution in [3.05, 3.63) is 83.9 Å². The molecule has 1 aliphatic rings. The molecule has 0 spiro atoms. The number of fused-ring (bicyclic) bond motifs is 1. The number of carboxylic acid groups (broad SMARTS) is 1. The minimum absolute atomic E-state index is 0.0430. The van der Waals surface area contributed by atoms with E-state index in [0.717, 1.165) is 35.6 Å². The van der Waals surface area contributed by atoms with E-state index in [-0.39, 0.29) is 17.7 Å². The van der Waals surface area contributed by atoms with Gasteiger partial charge in [0, 0.05) is 18.7 Å². The van der Waals surface area contributed by atoms with E-state index in [1.54, 1.807) is 0 Å². The van der Waals surface area contributed by atoms with Crippen LogP contribution in [0.15, 0.2) is 72.8 Å². The number of nitrogens with zero attached hydrogens (tertiary/aromatic N) is 1. The first-order chi connectivity index (χ1) is 14.6. The van der Waals surface area contributed by atoms with Gasteiger partial charge in [0.05, 0.1) is 5.92 Å². The lowest BCUT2D eigenvalue weighted by atomic mass is 9.81. The molecular weight excluding hydrogens is 374 g/mol. The van der Waals surface area contributed by atoms with Crippen LogP contribution in [0.25, 0.3) is 10.8 Å². The van der Waals surface area contributed by atoms with E-state index < -0.39 is 5.97 Å². The summed E-state index contributed by atoms with van der Waals surface area (Å²) in [6.07, 6.45) is 2.89. The summed E-state index contributed by atoms with van der Waals surface area (Å²) in [4.78, 5) is 27.0. The van der Waals surface area contributed by atoms with E-state index >= 15 is 0 Å². The second kappa shape index (κ2) is 9.12. The van der Waals surface area contributed by atoms with E-state index in [4.69, 9.17) is 0 Å². The molecule has 30 heavy (non-hydrogen) atoms. The maximum Gasteiger partial charge on any atom is 0.306 e. The third kappa shape index (κ3) is 4.38. The Morgan fingerprint density at radius 2 is 1.57 bits per heavy atom. The van der Waals surface area contributed by atoms with Gasteiger partial charge in [0.2, 0.25) is 0 Å². The normalized spacial score (nSPS) is 15.8. The Labute approximate surface area is 177 Å². The Balaban J connectivity index is 1.40. The maximum atomic E-state index is 13.1. The van der Waals surface area contributed by atoms with Crippen molar-refractivity contribution in [1.82, 2.24) is 4.90 Å². The molecular formula is C26H27NO3. The van der Waals surface area contributed by atoms with Crippen LogP contribution in [0.3, 0.4) is 0 Å². The molecule has 4 nitrogen and oxygen atoms in total. The molecule has 3 aromatic rings. The predicted molar refractivity (Wildman–Crippen MR) is 118 cm³/mol. The average molecular weight is 402 g/mol. The van der Waals surface area contributed by atoms with Crippen molar-refractivity contribution < 1.29 is 14.7 Å². The van der Waals surface area contributed by atoms with Gasteiger partial charge in [-0.15, -0.1) is 0 Å². The molecule has 1 atom stereocenters. The fraction of sp³-hybridized carbons (Fsp3) is 0.308. The molecule has 4 rings (SSSR count). The minimum Gasteiger partial charge on any atom is -0.481 e. The van der Waals surface area contributed by atoms with Crippen molar-refractivity contribution in [2.45, 2.75) is 25.7 Å². The Morgan fingerprint density at radius 1 is 0.900 bits per heavy atom. The van der Waals surface area contributed by atoms with Gasteiger partial charge in [0.25, 0.3) is 5.91 Å². The van der Waals surface area contributed by atoms with Gasteiger partial charge in [-0.2, -0.15) is 0 Å². The van der Waals surface area contributed by atoms with Crippen molar-refractivity contribution in [3.8, 4) is 0 Å². The topological polar surface area (TPSA) is 57.6 Å². The fourth-order valence-electron chi connectivity index (χ4n) is 4.61. The van der Waals surface area contributed by atoms with Crippen molar-refractivity contribution >= 4 is 22.6 Å². The molecule has 0 bridgehead atoms. The zero-order chi connectivity index (χ0) is 20.9. The number of hydrogen-bond acceptors (Lipinski definition) is 2. The highest BCUT2D eigenvalue weighted by atomic mass is 16.4. The second-order valence-electron chi connectivity index (χ2n) is 8.13. The third-order valence-electron chi connectivity index (χ3n) is 6.32. The number of benzene rings is 3. The first-order valence-electron chi connectivity index (χ1n) is 10.7. The summed E-state index contributed by atoms with van der Waals surface area (Å²) in [7, 11) is 0. The van der Waals surface area contributed by atoms with Crippen molar-refractivity contribution in [2.75, 3.05) is 13.1 Å². The van der Waals surface area contributed by atoms with E-state index in [1.807, 2.05) is 77.7 Å². The minimum atomic E-state index is -0.718. The molecule has 1 N–H and O–H groups in total. The van der Waals surface area contributed by atoms with Gasteiger partial charge in [0.15, 0.2) is 0 Å². The monoisotopic (exact) mass is 401 g/mol. The summed E-state index contributed by atoms with van der Waals surface area (Å²) < 4.78 is 0. The van der Waals surface area contributed by atoms with Crippen LogP contribution in [0.1, 0.15) is 35.2 Å². The van der Waals surface area contributed by atoms with Crippen LogP contribution in [0, 0.1) is 11.8 Å². The van der Waals surface area contributed by atoms with E-state index in [1.165, 1.54) is 5.56 Å². The highest BCUT2D eigenvalue weighted by molar-refractivity contribution is 6.07. The van der Waals surface area contributed by atoms with E-state index in [9.17, 15) is 14.7 Å². The SMILES string of the molecule is O=C(O)C(CCc1ccccc1)C1CCN(C(=O)c2cccc3ccccc23)CC1. The van der Waals surface area contributed by atoms with Crippen LogP contribution in [0.2, 0.25) is 0 Å². The second-order valence-corrected chi connectivity index (χ2v) is 8.13. The highest BCUT2D eigenvalue weighted by Crippen LogP contribution is 2.30. The molecule has 0 radical (unpaired) electrons. The number of carbonyl (C=O) groups excluding carboxylic acids is 1. The summed E-state index contributed by atoms with van der Waals surface area (Å²) in [5.41, 5.74) is 1.90. The van der Waals surface area contributed by atoms with Crippen LogP contribution in [-0.4, -0.2) is 35.0 Å². The summed E-state index contributed by atoms with van der Waals surface area (Å²) in [6, 6.07) is 23.8. The maximum absolute atomic E-state index is 13.1. The zero-order valence-corrected chi connectivity index (χ0v) is 17.0. The summed E-state index contributed by atoms with van der Waals surface area (Å²) in [6.45, 7) is 1.23. The van der Waals surface area contributed by atoms with Crippen LogP contribution >= 0.6 is 0 Å². The van der Waals surface area contributed by atoms with Crippen LogP contribution in [0.5, 0.6) is 0 Å². The fourth-order valence-corrected chi connectivity index (χ4v) is 4.61. The summed E-state index contributed by atoms with van der Waals surface area (Å²) >= 11 is 0. The van der Waals surface area contributed by atoms with Gasteiger partial charge >= 0.3 is 5.97 Å². The van der Waals surface area contributed by atoms with Gasteiger partial charge < -0.3 is 10.0 Å². The Bertz CT molecular complexity index is 1020. The molecule has 154 valence electrons. The van der Waals surface area contributed by atoms with Crippen LogP contribution < -0.4 is 0 Å². The molecule has 1 heterocycles. The molecule has 1 aliphatic heterocycles. The molecule has 0 aromatic heterocycles. The number of likely N-dealkylation sites (tertiary alicyclic amines) is 1. The Kier molecular flexibility index (Phi) is 6.12. The van der Waals surface area contributed by atoms with Gasteiger partial charge in [0.1, 0.15) is 0 Å². The number of carboxylic acids is 1. The third-order valence-corrected chi connectivity index (χ3v) is 6.32. The predicted octanol–water partition coefficient (Wildman–Crippen LogP) is 5.03. The molecule has 1 amide bonds. The average Bonchev–Trinajstić information content (AvgIpc) is 2.79. The summed E-state index contributed by atoms with van der Waals surface area (Å²) in [5.74, 6) is -0.922. The number of piperidine rings is 1. The first kappa shape index (κ1) is 20.1. The van der Waals surface area contributed by atoms with E-state index in [2.05, 4.69) is 0 Å². The molecule has 0 aliphatic carbocycles. The number of aryl methyl sites for hydroxylation is 1. The van der Waals surface area contributed by atoms with E-state index in [0.29, 0.717) is 19.5 Å². The Morgan fingerprint density at radius 3 is 2.30 bits per heavy atom. The standard InChI is InChI=1S/C26H27NO3/c28-25(24-12-6-10-20-9-4-5-11-22(20)24)27-17-15-21(16-18-27)23(26(29)30)14-13-19-7-2-1-3-8-19/h1-12,21,23H,13-18H2,(H,29,30). The molecule has 3 aromatic carbocycles. The van der Waals surface area contributed by atoms with Gasteiger partial charge in [-0.05, 0) is 54.0 Å². The van der Waals surface area contributed by atoms with Gasteiger partial charge in [-0.1, -0.05) is 66.7 Å². The lowest BCUT2D eigenvalue weighted by Gasteiger charge is -2.35. The quantitative estimate of drug-likeness (QED) is 0.631. The first-order valence-corrected chi connectivity index (χ1v) is 10.7. The van der Waals surface area contributed by atoms with Crippen LogP contribution in [-0.2, 0) is 11.2 Å². The lowest BCUT2D eigenvalue weighted by Crippen LogP contribution is -2.41. The van der Waals surface area contributed by atoms with Gasteiger partial charge in [-0.3, -0.25) is 9.59 Å². The number of rotatable bonds is 6. The lowest BCUT2D eigenvalue weighted by molar-refractivity contribution is -0.144. The number of aliphatic carboxylic acids is 1. The molecule has 1 fully saturated rings. The summed E-state index contributed by atoms with van der Waals surface area (Å²) in [5, 5.41) is 11.8. The van der Waals surface area contributed by atoms with Crippen LogP contribution in [0.4, 0.5) is 0 Å². The number of amides is 1. The number of carbonyl (C=O) groups is 2. The molecule has 4 heteroatoms. The Hall–Kier alpha value is -3.14. The highest BCUT2D eigenvalue weighted by Gasteiger charge is 2.32. The molecule has 1 saturated heterocycles. The molecule has 0 saturated carbocycles. The smallest absolute Gasteiger partial charge is 0.306 e. The van der Waals surface area contributed by atoms with Gasteiger partial charge in [-0.25, -0.2) is 0 Å².